The van der Waals surface area contributed by atoms with Gasteiger partial charge in [-0.2, -0.15) is 0 Å². The minimum atomic E-state index is -2.50. The number of carbonyl (C=O) groups excluding carboxylic acids is 5. The van der Waals surface area contributed by atoms with Gasteiger partial charge in [0.05, 0.1) is 26.4 Å². The van der Waals surface area contributed by atoms with Crippen LogP contribution in [0.2, 0.25) is 0 Å². The molecule has 3 heterocycles. The maximum atomic E-state index is 14.7. The Morgan fingerprint density at radius 2 is 1.60 bits per heavy atom. The first-order chi connectivity index (χ1) is 34.7. The maximum absolute atomic E-state index is 14.7. The minimum absolute atomic E-state index is 0.0190. The highest BCUT2D eigenvalue weighted by Gasteiger charge is 2.53. The van der Waals surface area contributed by atoms with E-state index in [-0.39, 0.29) is 48.7 Å². The van der Waals surface area contributed by atoms with Crippen molar-refractivity contribution in [2.75, 3.05) is 35.0 Å². The molecule has 1 saturated carbocycles. The number of allylic oxidation sites excluding steroid dienone is 7. The van der Waals surface area contributed by atoms with Crippen LogP contribution in [0.5, 0.6) is 11.5 Å². The average Bonchev–Trinajstić information content (AvgIpc) is 3.38. The summed E-state index contributed by atoms with van der Waals surface area (Å²) in [5.41, 5.74) is 2.12. The van der Waals surface area contributed by atoms with Crippen LogP contribution in [0.15, 0.2) is 65.8 Å². The van der Waals surface area contributed by atoms with Crippen LogP contribution >= 0.6 is 0 Å². The van der Waals surface area contributed by atoms with E-state index in [0.717, 1.165) is 11.1 Å². The molecule has 14 nitrogen and oxygen atoms in total. The van der Waals surface area contributed by atoms with Crippen LogP contribution < -0.4 is 9.47 Å². The third-order valence-electron chi connectivity index (χ3n) is 16.0. The fourth-order valence-electron chi connectivity index (χ4n) is 11.3. The molecule has 5 rings (SSSR count). The number of cyclic esters (lactones) is 1. The lowest BCUT2D eigenvalue weighted by molar-refractivity contribution is -0.264. The lowest BCUT2D eigenvalue weighted by atomic mass is 9.78. The van der Waals surface area contributed by atoms with Crippen molar-refractivity contribution >= 4 is 29.2 Å². The molecule has 1 aromatic carbocycles. The molecule has 1 amide bonds. The molecule has 3 aliphatic heterocycles. The number of aliphatic hydroxyl groups excluding tert-OH is 1. The van der Waals surface area contributed by atoms with Gasteiger partial charge in [-0.1, -0.05) is 82.7 Å². The molecule has 2 N–H and O–H groups in total. The van der Waals surface area contributed by atoms with Crippen LogP contribution in [0.25, 0.3) is 0 Å². The van der Waals surface area contributed by atoms with Crippen LogP contribution in [-0.4, -0.2) is 128 Å². The van der Waals surface area contributed by atoms with Crippen LogP contribution in [0.1, 0.15) is 137 Å². The number of fused-ring (bicyclic) bond motifs is 3. The summed E-state index contributed by atoms with van der Waals surface area (Å²) in [6, 6.07) is 4.36. The van der Waals surface area contributed by atoms with Crippen molar-refractivity contribution in [1.29, 1.82) is 0 Å². The highest BCUT2D eigenvalue weighted by Crippen LogP contribution is 2.43. The van der Waals surface area contributed by atoms with Crippen molar-refractivity contribution in [2.45, 2.75) is 180 Å². The number of ether oxygens (including phenoxy) is 6. The van der Waals surface area contributed by atoms with Gasteiger partial charge in [-0.3, -0.25) is 19.2 Å². The number of aliphatic hydroxyl groups is 2. The van der Waals surface area contributed by atoms with Crippen molar-refractivity contribution in [3.63, 3.8) is 0 Å². The smallest absolute Gasteiger partial charge is 0.329 e. The summed E-state index contributed by atoms with van der Waals surface area (Å²) in [6.45, 7) is 12.7. The molecule has 1 aliphatic carbocycles. The van der Waals surface area contributed by atoms with Crippen LogP contribution in [0.4, 0.5) is 4.39 Å². The highest BCUT2D eigenvalue weighted by molar-refractivity contribution is 6.39. The van der Waals surface area contributed by atoms with Crippen molar-refractivity contribution in [3.8, 4) is 11.5 Å². The Kier molecular flexibility index (Phi) is 22.2. The second-order valence-corrected chi connectivity index (χ2v) is 21.5. The first-order valence-electron chi connectivity index (χ1n) is 26.5. The van der Waals surface area contributed by atoms with Gasteiger partial charge in [0, 0.05) is 62.5 Å². The monoisotopic (exact) mass is 1020 g/mol. The molecule has 406 valence electrons. The lowest BCUT2D eigenvalue weighted by Crippen LogP contribution is -2.60. The largest absolute Gasteiger partial charge is 0.497 e. The number of hydrogen-bond acceptors (Lipinski definition) is 13. The standard InChI is InChI=1S/C58H84FNO13/c1-34-17-13-12-14-18-35(2)45(44-24-23-42(68-8)32-50(44)69-9)31-43-22-20-40(7)58(67,73-43)55(64)56(65)60-26-16-15-19-47(60)57(66)72-49(37(4)29-41-21-25-46(59)51(30-41)70-10)33-48(61)36(3)28-39(6)53(63)54(71-11)52(62)38(5)27-34/h12-14,17-18,23-24,28,32,34,36-38,40-41,43,45-47,49,51,53-54,63,67H,15-16,19-22,25-27,29-31,33H2,1-11H3/b14-12+,17-13+,35-18+,39-28+/t34-,36-,37-,38-,40-,41+,43+,45+,46+,47+,49+,51-,53-,54+,58-/m1/s1. The number of halogens is 1. The van der Waals surface area contributed by atoms with Crippen LogP contribution in [0.3, 0.4) is 0 Å². The average molecular weight is 1020 g/mol. The normalized spacial score (nSPS) is 37.2. The molecule has 4 aliphatic rings. The topological polar surface area (TPSA) is 184 Å². The zero-order valence-corrected chi connectivity index (χ0v) is 45.2. The molecule has 0 unspecified atom stereocenters. The number of amides is 1. The summed E-state index contributed by atoms with van der Waals surface area (Å²) in [5.74, 6) is -7.62. The Morgan fingerprint density at radius 1 is 0.863 bits per heavy atom. The fourth-order valence-corrected chi connectivity index (χ4v) is 11.3. The Balaban J connectivity index is 1.53. The van der Waals surface area contributed by atoms with Crippen molar-refractivity contribution < 1.29 is 67.0 Å². The van der Waals surface area contributed by atoms with Gasteiger partial charge in [0.15, 0.2) is 5.78 Å². The highest BCUT2D eigenvalue weighted by atomic mass is 19.1. The summed E-state index contributed by atoms with van der Waals surface area (Å²) >= 11 is 0. The molecule has 15 atom stereocenters. The van der Waals surface area contributed by atoms with Gasteiger partial charge < -0.3 is 43.5 Å². The van der Waals surface area contributed by atoms with E-state index >= 15 is 0 Å². The maximum Gasteiger partial charge on any atom is 0.329 e. The summed E-state index contributed by atoms with van der Waals surface area (Å²) < 4.78 is 49.8. The lowest BCUT2D eigenvalue weighted by Gasteiger charge is -2.43. The van der Waals surface area contributed by atoms with E-state index in [1.54, 1.807) is 47.1 Å². The first-order valence-corrected chi connectivity index (χ1v) is 26.5. The summed E-state index contributed by atoms with van der Waals surface area (Å²) in [4.78, 5) is 72.9. The molecular formula is C58H84FNO13. The number of piperidine rings is 1. The predicted octanol–water partition coefficient (Wildman–Crippen LogP) is 8.94. The number of nitrogens with zero attached hydrogens (tertiary/aromatic N) is 1. The molecular weight excluding hydrogens is 938 g/mol. The number of esters is 1. The van der Waals surface area contributed by atoms with Crippen LogP contribution in [0, 0.1) is 35.5 Å². The second-order valence-electron chi connectivity index (χ2n) is 21.5. The summed E-state index contributed by atoms with van der Waals surface area (Å²) in [7, 11) is 6.00. The molecule has 0 aromatic heterocycles. The van der Waals surface area contributed by atoms with Crippen molar-refractivity contribution in [1.82, 2.24) is 4.90 Å². The molecule has 1 aromatic rings. The molecule has 3 fully saturated rings. The third kappa shape index (κ3) is 15.1. The molecule has 0 spiro atoms. The Hall–Kier alpha value is -4.54. The Bertz CT molecular complexity index is 2190. The van der Waals surface area contributed by atoms with E-state index in [9.17, 15) is 38.6 Å². The quantitative estimate of drug-likeness (QED) is 0.143. The van der Waals surface area contributed by atoms with Gasteiger partial charge in [0.2, 0.25) is 5.79 Å². The van der Waals surface area contributed by atoms with Gasteiger partial charge in [0.1, 0.15) is 47.8 Å². The van der Waals surface area contributed by atoms with Gasteiger partial charge >= 0.3 is 5.97 Å². The van der Waals surface area contributed by atoms with E-state index in [1.165, 1.54) is 19.1 Å². The van der Waals surface area contributed by atoms with E-state index in [1.807, 2.05) is 70.2 Å². The third-order valence-corrected chi connectivity index (χ3v) is 16.0. The van der Waals surface area contributed by atoms with E-state index < -0.39 is 89.9 Å². The first kappa shape index (κ1) is 59.3. The van der Waals surface area contributed by atoms with Gasteiger partial charge in [0.25, 0.3) is 11.7 Å². The zero-order valence-electron chi connectivity index (χ0n) is 45.2. The molecule has 15 heteroatoms. The van der Waals surface area contributed by atoms with E-state index in [2.05, 4.69) is 0 Å². The minimum Gasteiger partial charge on any atom is -0.497 e. The molecule has 2 saturated heterocycles. The Morgan fingerprint density at radius 3 is 2.29 bits per heavy atom. The van der Waals surface area contributed by atoms with Gasteiger partial charge in [-0.15, -0.1) is 0 Å². The SMILES string of the molecule is COc1ccc([C@H]2C[C@@H]3CC[C@@H](C)[C@@](O)(O3)C(=O)C(=O)N3CCCC[C@H]3C(=O)O[C@H]([C@H](C)C[C@@H]3CC[C@H](F)[C@H](OC)C3)CC(=O)[C@H](C)/C=C(\C)[C@@H](O)[C@@H](OC)C(=O)[C@H](C)C[C@H](C)/C=C/C=C/C=C/2C)c(OC)c1. The number of hydrogen-bond donors (Lipinski definition) is 2. The van der Waals surface area contributed by atoms with Crippen LogP contribution in [-0.2, 0) is 42.9 Å². The number of benzene rings is 1. The van der Waals surface area contributed by atoms with E-state index in [4.69, 9.17) is 28.4 Å². The Labute approximate surface area is 433 Å². The van der Waals surface area contributed by atoms with Crippen molar-refractivity contribution in [2.24, 2.45) is 35.5 Å². The number of methoxy groups -OCH3 is 4. The zero-order chi connectivity index (χ0) is 53.7. The number of Topliss-reactive ketones (excluding diaryl/α,β-unsaturated/α-hetero) is 3. The second kappa shape index (κ2) is 27.3. The van der Waals surface area contributed by atoms with Gasteiger partial charge in [-0.25, -0.2) is 9.18 Å². The number of rotatable bonds is 8. The number of carbonyl (C=O) groups is 5. The van der Waals surface area contributed by atoms with Crippen molar-refractivity contribution in [3.05, 3.63) is 71.4 Å². The summed E-state index contributed by atoms with van der Waals surface area (Å²) in [6.07, 6.45) is 10.0. The van der Waals surface area contributed by atoms with E-state index in [0.29, 0.717) is 81.3 Å². The number of alkyl halides is 1. The number of ketones is 3. The molecule has 73 heavy (non-hydrogen) atoms. The summed E-state index contributed by atoms with van der Waals surface area (Å²) in [5, 5.41) is 23.8. The molecule has 2 bridgehead atoms. The predicted molar refractivity (Wildman–Crippen MR) is 276 cm³/mol. The fraction of sp³-hybridized carbons (Fsp3) is 0.672. The molecule has 0 radical (unpaired) electrons. The van der Waals surface area contributed by atoms with Gasteiger partial charge in [-0.05, 0) is 114 Å².